The Labute approximate surface area is 485 Å². The van der Waals surface area contributed by atoms with E-state index in [2.05, 4.69) is 27.4 Å². The third kappa shape index (κ3) is 90.2. The third-order valence-corrected chi connectivity index (χ3v) is 11.9. The Morgan fingerprint density at radius 3 is 1.27 bits per heavy atom. The number of hydrogen-bond donors (Lipinski definition) is 9. The lowest BCUT2D eigenvalue weighted by atomic mass is 10.1. The van der Waals surface area contributed by atoms with Crippen LogP contribution in [0.4, 0.5) is 0 Å². The number of carboxylic acids is 2. The lowest BCUT2D eigenvalue weighted by Gasteiger charge is -2.19. The SMILES string of the molecule is C.C.C.CC(=O)O.CC(C)C(=O)O.CC(C)C(=O)OC(CO)C(C)C.CC(C)C(=O)OCC(O)C(C)C.CC(C)C1CO1.CO[Si](O)(O)CCCOCC(O)COC(C)=O.CO[Si](O)(O)CCCOCC1CO1.[B]PC.[B]PC. The van der Waals surface area contributed by atoms with Gasteiger partial charge in [-0.15, -0.1) is 0 Å². The van der Waals surface area contributed by atoms with Crippen LogP contribution in [0, 0.1) is 35.5 Å². The molecule has 2 saturated heterocycles. The number of carbonyl (C=O) groups is 5. The minimum atomic E-state index is -3.50. The summed E-state index contributed by atoms with van der Waals surface area (Å²) in [5.74, 6) is -1.98. The van der Waals surface area contributed by atoms with Crippen molar-refractivity contribution in [2.24, 2.45) is 35.5 Å². The van der Waals surface area contributed by atoms with E-state index in [0.717, 1.165) is 26.1 Å². The molecule has 476 valence electrons. The Bertz CT molecular complexity index is 1360. The van der Waals surface area contributed by atoms with Gasteiger partial charge in [-0.1, -0.05) is 119 Å². The zero-order valence-electron chi connectivity index (χ0n) is 48.9. The average molecular weight is 1220 g/mol. The van der Waals surface area contributed by atoms with Crippen LogP contribution in [0.5, 0.6) is 0 Å². The van der Waals surface area contributed by atoms with E-state index in [-0.39, 0.29) is 121 Å². The van der Waals surface area contributed by atoms with Gasteiger partial charge in [0.2, 0.25) is 0 Å². The molecule has 0 saturated carbocycles. The molecule has 23 nitrogen and oxygen atoms in total. The Hall–Kier alpha value is -1.75. The number of aliphatic hydroxyl groups is 3. The van der Waals surface area contributed by atoms with Crippen molar-refractivity contribution in [3.63, 3.8) is 0 Å². The van der Waals surface area contributed by atoms with E-state index in [1.54, 1.807) is 41.5 Å². The van der Waals surface area contributed by atoms with E-state index < -0.39 is 47.7 Å². The van der Waals surface area contributed by atoms with Crippen molar-refractivity contribution < 1.29 is 111 Å². The van der Waals surface area contributed by atoms with Crippen LogP contribution < -0.4 is 0 Å². The van der Waals surface area contributed by atoms with Crippen LogP contribution in [-0.2, 0) is 66.0 Å². The molecule has 0 aromatic heterocycles. The second kappa shape index (κ2) is 63.8. The molecule has 2 fully saturated rings. The maximum Gasteiger partial charge on any atom is 0.495 e. The lowest BCUT2D eigenvalue weighted by Crippen LogP contribution is -2.37. The number of carboxylic acid groups (broad SMARTS) is 2. The van der Waals surface area contributed by atoms with Gasteiger partial charge in [-0.2, -0.15) is 16.9 Å². The molecule has 7 unspecified atom stereocenters. The molecule has 2 heterocycles. The summed E-state index contributed by atoms with van der Waals surface area (Å²) in [6.07, 6.45) is 0.129. The van der Waals surface area contributed by atoms with Gasteiger partial charge < -0.3 is 86.7 Å². The number of ether oxygens (including phenoxy) is 7. The molecule has 0 aromatic carbocycles. The van der Waals surface area contributed by atoms with Gasteiger partial charge in [0.1, 0.15) is 46.7 Å². The number of carbonyl (C=O) groups excluding carboxylic acids is 3. The maximum absolute atomic E-state index is 11.1. The van der Waals surface area contributed by atoms with Gasteiger partial charge in [0, 0.05) is 53.4 Å². The summed E-state index contributed by atoms with van der Waals surface area (Å²) in [6.45, 7) is 31.6. The van der Waals surface area contributed by atoms with Crippen molar-refractivity contribution in [2.45, 2.75) is 175 Å². The fraction of sp³-hybridized carbons (Fsp3) is 0.900. The molecular weight excluding hydrogens is 1110 g/mol. The quantitative estimate of drug-likeness (QED) is 0.0135. The Kier molecular flexibility index (Phi) is 80.2. The smallest absolute Gasteiger partial charge is 0.481 e. The lowest BCUT2D eigenvalue weighted by molar-refractivity contribution is -0.157. The molecule has 0 spiro atoms. The molecule has 79 heavy (non-hydrogen) atoms. The second-order valence-corrected chi connectivity index (χ2v) is 24.5. The summed E-state index contributed by atoms with van der Waals surface area (Å²) in [6, 6.07) is 0.429. The first-order valence-corrected chi connectivity index (χ1v) is 32.2. The van der Waals surface area contributed by atoms with Gasteiger partial charge in [-0.05, 0) is 30.6 Å². The fourth-order valence-corrected chi connectivity index (χ4v) is 5.13. The molecule has 0 aliphatic carbocycles. The normalized spacial score (nSPS) is 14.8. The third-order valence-electron chi connectivity index (χ3n) is 8.63. The van der Waals surface area contributed by atoms with Gasteiger partial charge in [0.05, 0.1) is 63.0 Å². The molecule has 29 heteroatoms. The minimum Gasteiger partial charge on any atom is -0.481 e. The van der Waals surface area contributed by atoms with E-state index in [4.69, 9.17) is 73.3 Å². The first-order valence-electron chi connectivity index (χ1n) is 25.0. The Balaban J connectivity index is -0.0000000886. The standard InChI is InChI=1S/C9H20O7Si.2C9H18O3.C7H16O5Si.C5H10O.C4H8O2.C2H4O2.2CH4BP.3CH4/c1-8(10)16-7-9(11)6-15-4-3-5-17(12,13)14-2;1-6(2)8(10)5-12-9(11)7(3)4;1-6(2)8(5-10)12-9(11)7(3)4;1-10-13(8,9)4-2-3-11-5-7-6-12-7;1-4(2)5-3-6-5;1-3(2)4(5)6;1-2(3)4;2*1-3-2;;;/h9,11-13H,3-7H2,1-2H3;2*6-8,10H,5H2,1-4H3;7-9H,2-6H2,1H3;4-5H,3H2,1-2H3;3H,1-2H3,(H,5,6);1H3,(H,3,4);2*3H,1H3;3*1H4. The van der Waals surface area contributed by atoms with Crippen LogP contribution in [-0.4, -0.2) is 225 Å². The zero-order valence-corrected chi connectivity index (χ0v) is 52.9. The van der Waals surface area contributed by atoms with Crippen molar-refractivity contribution in [2.75, 3.05) is 87.0 Å². The molecule has 4 radical (unpaired) electrons. The van der Waals surface area contributed by atoms with Gasteiger partial charge in [-0.3, -0.25) is 24.0 Å². The van der Waals surface area contributed by atoms with Gasteiger partial charge >= 0.3 is 41.5 Å². The van der Waals surface area contributed by atoms with Crippen LogP contribution >= 0.6 is 16.9 Å². The molecule has 0 aromatic rings. The average Bonchev–Trinajstić information content (AvgIpc) is 4.26. The molecule has 2 aliphatic heterocycles. The Morgan fingerprint density at radius 2 is 1.01 bits per heavy atom. The summed E-state index contributed by atoms with van der Waals surface area (Å²) in [4.78, 5) is 87.8. The predicted octanol–water partition coefficient (Wildman–Crippen LogP) is 5.18. The number of rotatable bonds is 26. The number of aliphatic carboxylic acids is 2. The van der Waals surface area contributed by atoms with E-state index in [1.807, 2.05) is 41.0 Å². The molecule has 7 atom stereocenters. The second-order valence-electron chi connectivity index (χ2n) is 18.5. The van der Waals surface area contributed by atoms with Crippen molar-refractivity contribution in [1.29, 1.82) is 0 Å². The largest absolute Gasteiger partial charge is 0.495 e. The van der Waals surface area contributed by atoms with Crippen LogP contribution in [0.15, 0.2) is 0 Å². The predicted molar refractivity (Wildman–Crippen MR) is 321 cm³/mol. The van der Waals surface area contributed by atoms with E-state index in [9.17, 15) is 39.0 Å². The topological polar surface area (TPSA) is 357 Å². The number of aliphatic hydroxyl groups excluding tert-OH is 3. The van der Waals surface area contributed by atoms with Gasteiger partial charge in [0.25, 0.3) is 5.97 Å². The molecule has 0 bridgehead atoms. The summed E-state index contributed by atoms with van der Waals surface area (Å²) >= 11 is 0. The molecule has 2 rings (SSSR count). The van der Waals surface area contributed by atoms with E-state index in [0.29, 0.717) is 49.1 Å². The fourth-order valence-electron chi connectivity index (χ4n) is 3.51. The van der Waals surface area contributed by atoms with Crippen molar-refractivity contribution in [1.82, 2.24) is 0 Å². The van der Waals surface area contributed by atoms with Crippen molar-refractivity contribution in [3.8, 4) is 0 Å². The van der Waals surface area contributed by atoms with Gasteiger partial charge in [0.15, 0.2) is 0 Å². The summed E-state index contributed by atoms with van der Waals surface area (Å²) in [7, 11) is 6.63. The highest BCUT2D eigenvalue weighted by Gasteiger charge is 2.31. The van der Waals surface area contributed by atoms with E-state index >= 15 is 0 Å². The summed E-state index contributed by atoms with van der Waals surface area (Å²) < 4.78 is 43.7. The molecule has 0 amide bonds. The highest BCUT2D eigenvalue weighted by atomic mass is 31.1. The van der Waals surface area contributed by atoms with Crippen molar-refractivity contribution >= 4 is 79.5 Å². The molecule has 2 aliphatic rings. The molecular formula is C50H114B2O23P2Si2. The van der Waals surface area contributed by atoms with Crippen LogP contribution in [0.1, 0.15) is 132 Å². The molecule has 9 N–H and O–H groups in total. The monoisotopic (exact) mass is 1220 g/mol. The number of hydrogen-bond acceptors (Lipinski definition) is 21. The maximum atomic E-state index is 11.1. The van der Waals surface area contributed by atoms with E-state index in [1.165, 1.54) is 21.1 Å². The first-order chi connectivity index (χ1) is 35.0. The van der Waals surface area contributed by atoms with Crippen LogP contribution in [0.3, 0.4) is 0 Å². The summed E-state index contributed by atoms with van der Waals surface area (Å²) in [5, 5.41) is 42.8. The van der Waals surface area contributed by atoms with Crippen molar-refractivity contribution in [3.05, 3.63) is 0 Å². The van der Waals surface area contributed by atoms with Crippen LogP contribution in [0.2, 0.25) is 12.1 Å². The van der Waals surface area contributed by atoms with Crippen LogP contribution in [0.25, 0.3) is 0 Å². The van der Waals surface area contributed by atoms with Gasteiger partial charge in [-0.25, -0.2) is 0 Å². The number of esters is 3. The number of epoxide rings is 2. The highest BCUT2D eigenvalue weighted by Crippen LogP contribution is 2.18. The zero-order chi connectivity index (χ0) is 61.2. The Morgan fingerprint density at radius 1 is 0.633 bits per heavy atom. The highest BCUT2D eigenvalue weighted by molar-refractivity contribution is 7.65. The first kappa shape index (κ1) is 99.3. The minimum absolute atomic E-state index is 0. The summed E-state index contributed by atoms with van der Waals surface area (Å²) in [5.41, 5.74) is 0.